The molecule has 1 aromatic heterocycles. The minimum Gasteiger partial charge on any atom is -0.479 e. The number of hydrogen-bond acceptors (Lipinski definition) is 2. The van der Waals surface area contributed by atoms with Crippen molar-refractivity contribution in [1.29, 1.82) is 0 Å². The maximum absolute atomic E-state index is 10.9. The maximum Gasteiger partial charge on any atom is 0.333 e. The van der Waals surface area contributed by atoms with Crippen LogP contribution in [-0.4, -0.2) is 29.3 Å². The van der Waals surface area contributed by atoms with E-state index < -0.39 is 12.1 Å². The molecule has 1 atom stereocenters. The number of aromatic amines is 1. The predicted octanol–water partition coefficient (Wildman–Crippen LogP) is 2.46. The van der Waals surface area contributed by atoms with Crippen LogP contribution in [0.2, 0.25) is 5.02 Å². The first kappa shape index (κ1) is 12.0. The summed E-state index contributed by atoms with van der Waals surface area (Å²) in [5, 5.41) is 10.5. The van der Waals surface area contributed by atoms with Gasteiger partial charge in [0.1, 0.15) is 0 Å². The van der Waals surface area contributed by atoms with Crippen LogP contribution in [0.25, 0.3) is 10.9 Å². The van der Waals surface area contributed by atoms with Crippen LogP contribution in [0.4, 0.5) is 0 Å². The van der Waals surface area contributed by atoms with Crippen LogP contribution in [0.5, 0.6) is 0 Å². The van der Waals surface area contributed by atoms with Gasteiger partial charge in [-0.25, -0.2) is 4.79 Å². The number of nitrogens with one attached hydrogen (secondary N) is 1. The van der Waals surface area contributed by atoms with Gasteiger partial charge in [-0.3, -0.25) is 0 Å². The summed E-state index contributed by atoms with van der Waals surface area (Å²) in [6, 6.07) is 5.47. The topological polar surface area (TPSA) is 62.3 Å². The van der Waals surface area contributed by atoms with Crippen molar-refractivity contribution in [1.82, 2.24) is 4.98 Å². The molecule has 0 aliphatic rings. The van der Waals surface area contributed by atoms with E-state index in [4.69, 9.17) is 21.4 Å². The van der Waals surface area contributed by atoms with E-state index in [0.717, 1.165) is 16.5 Å². The summed E-state index contributed by atoms with van der Waals surface area (Å²) in [5.74, 6) is -0.969. The van der Waals surface area contributed by atoms with Gasteiger partial charge in [-0.15, -0.1) is 0 Å². The number of fused-ring (bicyclic) bond motifs is 1. The number of hydrogen-bond donors (Lipinski definition) is 2. The Labute approximate surface area is 103 Å². The molecule has 0 aliphatic carbocycles. The molecule has 0 saturated carbocycles. The lowest BCUT2D eigenvalue weighted by atomic mass is 10.1. The Morgan fingerprint density at radius 2 is 2.35 bits per heavy atom. The van der Waals surface area contributed by atoms with Crippen LogP contribution in [0.1, 0.15) is 5.56 Å². The largest absolute Gasteiger partial charge is 0.479 e. The summed E-state index contributed by atoms with van der Waals surface area (Å²) in [4.78, 5) is 14.0. The van der Waals surface area contributed by atoms with Gasteiger partial charge in [0.2, 0.25) is 0 Å². The Bertz CT molecular complexity index is 550. The van der Waals surface area contributed by atoms with E-state index in [1.165, 1.54) is 7.11 Å². The number of benzene rings is 1. The molecular weight excluding hydrogens is 242 g/mol. The second-order valence-electron chi connectivity index (χ2n) is 3.77. The average molecular weight is 254 g/mol. The molecule has 0 unspecified atom stereocenters. The number of carboxylic acid groups (broad SMARTS) is 1. The Hall–Kier alpha value is -1.52. The van der Waals surface area contributed by atoms with Crippen LogP contribution < -0.4 is 0 Å². The monoisotopic (exact) mass is 253 g/mol. The highest BCUT2D eigenvalue weighted by Gasteiger charge is 2.18. The predicted molar refractivity (Wildman–Crippen MR) is 65.4 cm³/mol. The number of methoxy groups -OCH3 is 1. The molecule has 2 aromatic rings. The molecular formula is C12H12ClNO3. The minimum atomic E-state index is -0.969. The quantitative estimate of drug-likeness (QED) is 0.880. The zero-order chi connectivity index (χ0) is 12.4. The van der Waals surface area contributed by atoms with Crippen LogP contribution >= 0.6 is 11.6 Å². The third-order valence-corrected chi connectivity index (χ3v) is 2.93. The molecule has 0 aliphatic heterocycles. The van der Waals surface area contributed by atoms with Gasteiger partial charge < -0.3 is 14.8 Å². The van der Waals surface area contributed by atoms with Gasteiger partial charge in [0.05, 0.1) is 0 Å². The first-order valence-corrected chi connectivity index (χ1v) is 5.50. The number of ether oxygens (including phenoxy) is 1. The van der Waals surface area contributed by atoms with Gasteiger partial charge in [0.15, 0.2) is 6.10 Å². The first-order chi connectivity index (χ1) is 8.11. The highest BCUT2D eigenvalue weighted by molar-refractivity contribution is 6.31. The highest BCUT2D eigenvalue weighted by atomic mass is 35.5. The zero-order valence-corrected chi connectivity index (χ0v) is 9.99. The van der Waals surface area contributed by atoms with Crippen molar-refractivity contribution in [3.8, 4) is 0 Å². The second kappa shape index (κ2) is 4.77. The molecule has 2 N–H and O–H groups in total. The van der Waals surface area contributed by atoms with Gasteiger partial charge >= 0.3 is 5.97 Å². The maximum atomic E-state index is 10.9. The molecule has 0 fully saturated rings. The van der Waals surface area contributed by atoms with E-state index in [1.807, 2.05) is 12.1 Å². The van der Waals surface area contributed by atoms with Gasteiger partial charge in [0.25, 0.3) is 0 Å². The molecule has 0 spiro atoms. The van der Waals surface area contributed by atoms with Gasteiger partial charge in [-0.1, -0.05) is 11.6 Å². The van der Waals surface area contributed by atoms with E-state index in [-0.39, 0.29) is 0 Å². The molecule has 0 bridgehead atoms. The number of aromatic nitrogens is 1. The summed E-state index contributed by atoms with van der Waals surface area (Å²) < 4.78 is 4.92. The van der Waals surface area contributed by atoms with Crippen molar-refractivity contribution in [3.05, 3.63) is 35.0 Å². The van der Waals surface area contributed by atoms with E-state index in [2.05, 4.69) is 4.98 Å². The van der Waals surface area contributed by atoms with Gasteiger partial charge in [-0.05, 0) is 23.8 Å². The average Bonchev–Trinajstić information content (AvgIpc) is 2.68. The summed E-state index contributed by atoms with van der Waals surface area (Å²) in [6.45, 7) is 0. The molecule has 5 heteroatoms. The van der Waals surface area contributed by atoms with Crippen molar-refractivity contribution < 1.29 is 14.6 Å². The number of aliphatic carboxylic acids is 1. The molecule has 2 rings (SSSR count). The lowest BCUT2D eigenvalue weighted by Crippen LogP contribution is -2.24. The number of carboxylic acids is 1. The lowest BCUT2D eigenvalue weighted by Gasteiger charge is -2.09. The van der Waals surface area contributed by atoms with E-state index in [1.54, 1.807) is 12.3 Å². The van der Waals surface area contributed by atoms with Crippen LogP contribution in [-0.2, 0) is 16.0 Å². The zero-order valence-electron chi connectivity index (χ0n) is 9.24. The third-order valence-electron chi connectivity index (χ3n) is 2.69. The second-order valence-corrected chi connectivity index (χ2v) is 4.21. The normalized spacial score (nSPS) is 12.8. The Kier molecular flexibility index (Phi) is 3.36. The summed E-state index contributed by atoms with van der Waals surface area (Å²) in [6.07, 6.45) is 1.26. The van der Waals surface area contributed by atoms with Crippen molar-refractivity contribution in [2.24, 2.45) is 0 Å². The van der Waals surface area contributed by atoms with Crippen LogP contribution in [0.3, 0.4) is 0 Å². The molecule has 0 radical (unpaired) electrons. The molecule has 1 heterocycles. The standard InChI is InChI=1S/C12H12ClNO3/c1-17-11(12(15)16)4-7-6-14-10-3-2-8(13)5-9(7)10/h2-3,5-6,11,14H,4H2,1H3,(H,15,16)/t11-/m0/s1. The molecule has 4 nitrogen and oxygen atoms in total. The van der Waals surface area contributed by atoms with Crippen molar-refractivity contribution in [2.45, 2.75) is 12.5 Å². The SMILES string of the molecule is CO[C@@H](Cc1c[nH]c2ccc(Cl)cc12)C(=O)O. The Morgan fingerprint density at radius 3 is 3.00 bits per heavy atom. The number of carbonyl (C=O) groups is 1. The molecule has 0 amide bonds. The smallest absolute Gasteiger partial charge is 0.333 e. The van der Waals surface area contributed by atoms with Crippen molar-refractivity contribution >= 4 is 28.5 Å². The lowest BCUT2D eigenvalue weighted by molar-refractivity contribution is -0.148. The Morgan fingerprint density at radius 1 is 1.59 bits per heavy atom. The molecule has 1 aromatic carbocycles. The van der Waals surface area contributed by atoms with E-state index in [9.17, 15) is 4.79 Å². The molecule has 17 heavy (non-hydrogen) atoms. The highest BCUT2D eigenvalue weighted by Crippen LogP contribution is 2.23. The third kappa shape index (κ3) is 2.43. The van der Waals surface area contributed by atoms with Crippen molar-refractivity contribution in [3.63, 3.8) is 0 Å². The van der Waals surface area contributed by atoms with Gasteiger partial charge in [0, 0.05) is 35.7 Å². The fourth-order valence-electron chi connectivity index (χ4n) is 1.79. The van der Waals surface area contributed by atoms with Crippen LogP contribution in [0.15, 0.2) is 24.4 Å². The summed E-state index contributed by atoms with van der Waals surface area (Å²) in [5.41, 5.74) is 1.82. The van der Waals surface area contributed by atoms with E-state index >= 15 is 0 Å². The number of H-pyrrole nitrogens is 1. The minimum absolute atomic E-state index is 0.312. The van der Waals surface area contributed by atoms with E-state index in [0.29, 0.717) is 11.4 Å². The Balaban J connectivity index is 2.35. The fraction of sp³-hybridized carbons (Fsp3) is 0.250. The number of rotatable bonds is 4. The molecule has 90 valence electrons. The summed E-state index contributed by atoms with van der Waals surface area (Å²) in [7, 11) is 1.39. The molecule has 0 saturated heterocycles. The first-order valence-electron chi connectivity index (χ1n) is 5.13. The summed E-state index contributed by atoms with van der Waals surface area (Å²) >= 11 is 5.92. The number of halogens is 1. The van der Waals surface area contributed by atoms with Crippen molar-refractivity contribution in [2.75, 3.05) is 7.11 Å². The van der Waals surface area contributed by atoms with Crippen LogP contribution in [0, 0.1) is 0 Å². The fourth-order valence-corrected chi connectivity index (χ4v) is 1.96. The van der Waals surface area contributed by atoms with Gasteiger partial charge in [-0.2, -0.15) is 0 Å².